The van der Waals surface area contributed by atoms with Crippen LogP contribution in [0.2, 0.25) is 5.02 Å². The first-order chi connectivity index (χ1) is 7.65. The Morgan fingerprint density at radius 3 is 2.75 bits per heavy atom. The fourth-order valence-electron chi connectivity index (χ4n) is 1.61. The van der Waals surface area contributed by atoms with Gasteiger partial charge in [0.2, 0.25) is 5.88 Å². The zero-order valence-electron chi connectivity index (χ0n) is 8.95. The van der Waals surface area contributed by atoms with Crippen LogP contribution < -0.4 is 10.5 Å². The third kappa shape index (κ3) is 1.61. The van der Waals surface area contributed by atoms with Crippen LogP contribution in [0.5, 0.6) is 5.75 Å². The molecule has 0 saturated carbocycles. The van der Waals surface area contributed by atoms with Gasteiger partial charge in [0.05, 0.1) is 23.9 Å². The smallest absolute Gasteiger partial charge is 0.230 e. The van der Waals surface area contributed by atoms with Crippen LogP contribution in [0.25, 0.3) is 11.1 Å². The largest absolute Gasteiger partial charge is 0.496 e. The van der Waals surface area contributed by atoms with Crippen molar-refractivity contribution in [2.45, 2.75) is 6.92 Å². The van der Waals surface area contributed by atoms with Gasteiger partial charge in [-0.05, 0) is 18.6 Å². The van der Waals surface area contributed by atoms with E-state index >= 15 is 0 Å². The van der Waals surface area contributed by atoms with Crippen LogP contribution in [0.15, 0.2) is 22.9 Å². The fraction of sp³-hybridized carbons (Fsp3) is 0.182. The highest BCUT2D eigenvalue weighted by Gasteiger charge is 2.17. The van der Waals surface area contributed by atoms with E-state index in [1.807, 2.05) is 13.0 Å². The molecule has 0 aliphatic carbocycles. The molecule has 2 aromatic rings. The molecule has 1 heterocycles. The minimum absolute atomic E-state index is 0.228. The van der Waals surface area contributed by atoms with E-state index < -0.39 is 0 Å². The molecule has 0 saturated heterocycles. The van der Waals surface area contributed by atoms with Gasteiger partial charge in [-0.2, -0.15) is 0 Å². The van der Waals surface area contributed by atoms with Gasteiger partial charge in [-0.1, -0.05) is 22.8 Å². The Morgan fingerprint density at radius 1 is 1.44 bits per heavy atom. The predicted octanol–water partition coefficient (Wildman–Crippen LogP) is 2.89. The van der Waals surface area contributed by atoms with Crippen molar-refractivity contribution in [1.29, 1.82) is 0 Å². The third-order valence-corrected chi connectivity index (χ3v) is 2.69. The molecule has 2 N–H and O–H groups in total. The van der Waals surface area contributed by atoms with E-state index in [1.165, 1.54) is 6.20 Å². The maximum atomic E-state index is 6.14. The van der Waals surface area contributed by atoms with E-state index in [4.69, 9.17) is 26.6 Å². The van der Waals surface area contributed by atoms with Gasteiger partial charge in [0.15, 0.2) is 0 Å². The first-order valence-electron chi connectivity index (χ1n) is 4.68. The fourth-order valence-corrected chi connectivity index (χ4v) is 1.86. The number of methoxy groups -OCH3 is 1. The Bertz CT molecular complexity index is 523. The molecule has 0 unspecified atom stereocenters. The van der Waals surface area contributed by atoms with Gasteiger partial charge in [0, 0.05) is 5.56 Å². The Kier molecular flexibility index (Phi) is 2.75. The molecule has 1 aromatic carbocycles. The number of aromatic nitrogens is 1. The predicted molar refractivity (Wildman–Crippen MR) is 62.7 cm³/mol. The van der Waals surface area contributed by atoms with Crippen LogP contribution in [-0.4, -0.2) is 12.3 Å². The highest BCUT2D eigenvalue weighted by molar-refractivity contribution is 6.34. The van der Waals surface area contributed by atoms with Crippen molar-refractivity contribution in [2.75, 3.05) is 12.8 Å². The number of benzene rings is 1. The van der Waals surface area contributed by atoms with Crippen LogP contribution in [0.3, 0.4) is 0 Å². The SMILES string of the molecule is COc1c(C)ccc(Cl)c1-c1cnoc1N. The van der Waals surface area contributed by atoms with Crippen LogP contribution in [0.1, 0.15) is 5.56 Å². The molecule has 84 valence electrons. The molecular formula is C11H11ClN2O2. The number of nitrogen functional groups attached to an aromatic ring is 1. The zero-order valence-corrected chi connectivity index (χ0v) is 9.71. The molecule has 5 heteroatoms. The summed E-state index contributed by atoms with van der Waals surface area (Å²) in [6.45, 7) is 1.93. The minimum Gasteiger partial charge on any atom is -0.496 e. The van der Waals surface area contributed by atoms with Crippen molar-refractivity contribution < 1.29 is 9.26 Å². The molecular weight excluding hydrogens is 228 g/mol. The van der Waals surface area contributed by atoms with Crippen molar-refractivity contribution in [3.63, 3.8) is 0 Å². The van der Waals surface area contributed by atoms with E-state index in [1.54, 1.807) is 13.2 Å². The summed E-state index contributed by atoms with van der Waals surface area (Å²) in [7, 11) is 1.59. The number of ether oxygens (including phenoxy) is 1. The minimum atomic E-state index is 0.228. The maximum absolute atomic E-state index is 6.14. The van der Waals surface area contributed by atoms with E-state index in [-0.39, 0.29) is 5.88 Å². The average molecular weight is 239 g/mol. The molecule has 0 amide bonds. The van der Waals surface area contributed by atoms with Gasteiger partial charge in [-0.15, -0.1) is 0 Å². The van der Waals surface area contributed by atoms with Gasteiger partial charge >= 0.3 is 0 Å². The topological polar surface area (TPSA) is 61.3 Å². The van der Waals surface area contributed by atoms with Crippen molar-refractivity contribution >= 4 is 17.5 Å². The maximum Gasteiger partial charge on any atom is 0.230 e. The molecule has 16 heavy (non-hydrogen) atoms. The summed E-state index contributed by atoms with van der Waals surface area (Å²) >= 11 is 6.14. The third-order valence-electron chi connectivity index (χ3n) is 2.38. The molecule has 0 radical (unpaired) electrons. The molecule has 0 atom stereocenters. The monoisotopic (exact) mass is 238 g/mol. The highest BCUT2D eigenvalue weighted by Crippen LogP contribution is 2.40. The number of hydrogen-bond acceptors (Lipinski definition) is 4. The summed E-state index contributed by atoms with van der Waals surface area (Å²) in [5.74, 6) is 0.910. The lowest BCUT2D eigenvalue weighted by Crippen LogP contribution is -1.93. The molecule has 2 rings (SSSR count). The lowest BCUT2D eigenvalue weighted by atomic mass is 10.0. The number of nitrogens with zero attached hydrogens (tertiary/aromatic N) is 1. The second-order valence-electron chi connectivity index (χ2n) is 3.38. The Hall–Kier alpha value is -1.68. The normalized spacial score (nSPS) is 10.4. The molecule has 1 aromatic heterocycles. The van der Waals surface area contributed by atoms with Gasteiger partial charge in [0.1, 0.15) is 5.75 Å². The lowest BCUT2D eigenvalue weighted by molar-refractivity contribution is 0.413. The van der Waals surface area contributed by atoms with E-state index in [9.17, 15) is 0 Å². The van der Waals surface area contributed by atoms with E-state index in [2.05, 4.69) is 5.16 Å². The van der Waals surface area contributed by atoms with Gasteiger partial charge in [-0.25, -0.2) is 0 Å². The Morgan fingerprint density at radius 2 is 2.19 bits per heavy atom. The molecule has 0 spiro atoms. The standard InChI is InChI=1S/C11H11ClN2O2/c1-6-3-4-8(12)9(10(6)15-2)7-5-14-16-11(7)13/h3-5H,13H2,1-2H3. The first kappa shape index (κ1) is 10.8. The number of hydrogen-bond donors (Lipinski definition) is 1. The number of anilines is 1. The van der Waals surface area contributed by atoms with Crippen LogP contribution in [0, 0.1) is 6.92 Å². The van der Waals surface area contributed by atoms with Crippen molar-refractivity contribution in [2.24, 2.45) is 0 Å². The number of halogens is 1. The second-order valence-corrected chi connectivity index (χ2v) is 3.78. The van der Waals surface area contributed by atoms with E-state index in [0.29, 0.717) is 21.9 Å². The summed E-state index contributed by atoms with van der Waals surface area (Å²) < 4.78 is 10.2. The van der Waals surface area contributed by atoms with Crippen LogP contribution in [0.4, 0.5) is 5.88 Å². The summed E-state index contributed by atoms with van der Waals surface area (Å²) in [6.07, 6.45) is 1.53. The first-order valence-corrected chi connectivity index (χ1v) is 5.06. The number of rotatable bonds is 2. The highest BCUT2D eigenvalue weighted by atomic mass is 35.5. The van der Waals surface area contributed by atoms with Crippen LogP contribution >= 0.6 is 11.6 Å². The van der Waals surface area contributed by atoms with Crippen LogP contribution in [-0.2, 0) is 0 Å². The van der Waals surface area contributed by atoms with E-state index in [0.717, 1.165) is 5.56 Å². The Balaban J connectivity index is 2.73. The van der Waals surface area contributed by atoms with Crippen molar-refractivity contribution in [3.8, 4) is 16.9 Å². The van der Waals surface area contributed by atoms with Crippen molar-refractivity contribution in [1.82, 2.24) is 5.16 Å². The summed E-state index contributed by atoms with van der Waals surface area (Å²) in [5, 5.41) is 4.18. The number of nitrogens with two attached hydrogens (primary N) is 1. The van der Waals surface area contributed by atoms with Crippen molar-refractivity contribution in [3.05, 3.63) is 28.9 Å². The summed E-state index contributed by atoms with van der Waals surface area (Å²) in [4.78, 5) is 0. The average Bonchev–Trinajstić information content (AvgIpc) is 2.67. The molecule has 0 fully saturated rings. The second kappa shape index (κ2) is 4.06. The molecule has 0 aliphatic rings. The van der Waals surface area contributed by atoms with Gasteiger partial charge in [-0.3, -0.25) is 0 Å². The number of aryl methyl sites for hydroxylation is 1. The quantitative estimate of drug-likeness (QED) is 0.874. The zero-order chi connectivity index (χ0) is 11.7. The summed E-state index contributed by atoms with van der Waals surface area (Å²) in [5.41, 5.74) is 8.00. The van der Waals surface area contributed by atoms with Gasteiger partial charge in [0.25, 0.3) is 0 Å². The molecule has 4 nitrogen and oxygen atoms in total. The molecule has 0 aliphatic heterocycles. The molecule has 0 bridgehead atoms. The Labute approximate surface area is 97.9 Å². The lowest BCUT2D eigenvalue weighted by Gasteiger charge is -2.11. The van der Waals surface area contributed by atoms with Gasteiger partial charge < -0.3 is 15.0 Å². The summed E-state index contributed by atoms with van der Waals surface area (Å²) in [6, 6.07) is 3.68.